The molecule has 0 spiro atoms. The zero-order chi connectivity index (χ0) is 23.4. The van der Waals surface area contributed by atoms with E-state index in [0.717, 1.165) is 32.1 Å². The SMILES string of the molecule is CN1C(=N)N[C@](CCc2ccccc2)(C[C@H]2CCC[C@@H](NC(=O)c3cccc(Cl)c3)C2)C1=O. The van der Waals surface area contributed by atoms with Gasteiger partial charge in [-0.25, -0.2) is 0 Å². The average Bonchev–Trinajstić information content (AvgIpc) is 3.02. The number of benzene rings is 2. The van der Waals surface area contributed by atoms with Crippen molar-refractivity contribution in [1.82, 2.24) is 15.5 Å². The summed E-state index contributed by atoms with van der Waals surface area (Å²) in [5.41, 5.74) is 0.972. The number of amides is 2. The Morgan fingerprint density at radius 2 is 2.00 bits per heavy atom. The van der Waals surface area contributed by atoms with Crippen LogP contribution < -0.4 is 10.6 Å². The molecule has 1 aliphatic carbocycles. The van der Waals surface area contributed by atoms with Crippen molar-refractivity contribution in [2.75, 3.05) is 7.05 Å². The maximum Gasteiger partial charge on any atom is 0.254 e. The molecule has 0 aromatic heterocycles. The fourth-order valence-corrected chi connectivity index (χ4v) is 5.39. The number of rotatable bonds is 7. The highest BCUT2D eigenvalue weighted by Crippen LogP contribution is 2.36. The van der Waals surface area contributed by atoms with Gasteiger partial charge in [0.2, 0.25) is 0 Å². The molecule has 33 heavy (non-hydrogen) atoms. The molecule has 2 aromatic carbocycles. The van der Waals surface area contributed by atoms with Crippen molar-refractivity contribution < 1.29 is 9.59 Å². The van der Waals surface area contributed by atoms with Gasteiger partial charge < -0.3 is 10.6 Å². The van der Waals surface area contributed by atoms with Gasteiger partial charge in [0.15, 0.2) is 5.96 Å². The molecule has 1 saturated heterocycles. The molecule has 2 fully saturated rings. The molecular weight excluding hydrogens is 436 g/mol. The van der Waals surface area contributed by atoms with E-state index in [0.29, 0.717) is 23.4 Å². The molecule has 1 heterocycles. The van der Waals surface area contributed by atoms with Crippen molar-refractivity contribution >= 4 is 29.4 Å². The quantitative estimate of drug-likeness (QED) is 0.565. The number of likely N-dealkylation sites (N-methyl/N-ethyl adjacent to an activating group) is 1. The standard InChI is InChI=1S/C26H31ClN4O2/c1-31-24(33)26(30-25(31)28,14-13-18-7-3-2-4-8-18)17-19-9-5-12-22(15-19)29-23(32)20-10-6-11-21(27)16-20/h2-4,6-8,10-11,16,19,22H,5,9,12-15,17H2,1H3,(H2,28,30)(H,29,32)/t19-,22+,26+/m0/s1. The predicted molar refractivity (Wildman–Crippen MR) is 130 cm³/mol. The summed E-state index contributed by atoms with van der Waals surface area (Å²) in [6, 6.07) is 17.2. The largest absolute Gasteiger partial charge is 0.349 e. The second-order valence-corrected chi connectivity index (χ2v) is 9.76. The number of hydrogen-bond acceptors (Lipinski definition) is 3. The zero-order valence-corrected chi connectivity index (χ0v) is 19.7. The van der Waals surface area contributed by atoms with Crippen LogP contribution >= 0.6 is 11.6 Å². The lowest BCUT2D eigenvalue weighted by Gasteiger charge is -2.36. The molecule has 4 rings (SSSR count). The first kappa shape index (κ1) is 23.3. The number of guanidine groups is 1. The molecule has 1 aliphatic heterocycles. The highest BCUT2D eigenvalue weighted by atomic mass is 35.5. The number of nitrogens with zero attached hydrogens (tertiary/aromatic N) is 1. The maximum absolute atomic E-state index is 13.2. The lowest BCUT2D eigenvalue weighted by molar-refractivity contribution is -0.131. The molecule has 2 aliphatic rings. The van der Waals surface area contributed by atoms with Crippen LogP contribution in [0.25, 0.3) is 0 Å². The summed E-state index contributed by atoms with van der Waals surface area (Å²) in [4.78, 5) is 27.4. The minimum atomic E-state index is -0.773. The fraction of sp³-hybridized carbons (Fsp3) is 0.423. The highest BCUT2D eigenvalue weighted by molar-refractivity contribution is 6.30. The van der Waals surface area contributed by atoms with E-state index >= 15 is 0 Å². The third-order valence-electron chi connectivity index (χ3n) is 6.93. The number of carbonyl (C=O) groups excluding carboxylic acids is 2. The van der Waals surface area contributed by atoms with Gasteiger partial charge in [-0.05, 0) is 61.8 Å². The molecule has 2 amide bonds. The third-order valence-corrected chi connectivity index (χ3v) is 7.17. The number of aryl methyl sites for hydroxylation is 1. The Hall–Kier alpha value is -2.86. The fourth-order valence-electron chi connectivity index (χ4n) is 5.20. The molecule has 3 atom stereocenters. The summed E-state index contributed by atoms with van der Waals surface area (Å²) in [5, 5.41) is 15.1. The molecular formula is C26H31ClN4O2. The van der Waals surface area contributed by atoms with Crippen LogP contribution in [0.15, 0.2) is 54.6 Å². The predicted octanol–water partition coefficient (Wildman–Crippen LogP) is 4.39. The molecule has 2 aromatic rings. The highest BCUT2D eigenvalue weighted by Gasteiger charge is 2.49. The van der Waals surface area contributed by atoms with Gasteiger partial charge in [-0.15, -0.1) is 0 Å². The monoisotopic (exact) mass is 466 g/mol. The zero-order valence-electron chi connectivity index (χ0n) is 18.9. The van der Waals surface area contributed by atoms with Gasteiger partial charge in [0.25, 0.3) is 11.8 Å². The van der Waals surface area contributed by atoms with Gasteiger partial charge in [0, 0.05) is 23.7 Å². The lowest BCUT2D eigenvalue weighted by Crippen LogP contribution is -2.50. The summed E-state index contributed by atoms with van der Waals surface area (Å²) in [6.45, 7) is 0. The first-order chi connectivity index (χ1) is 15.9. The van der Waals surface area contributed by atoms with Crippen molar-refractivity contribution in [2.24, 2.45) is 5.92 Å². The topological polar surface area (TPSA) is 85.3 Å². The van der Waals surface area contributed by atoms with Gasteiger partial charge in [-0.1, -0.05) is 60.8 Å². The van der Waals surface area contributed by atoms with E-state index in [2.05, 4.69) is 22.8 Å². The van der Waals surface area contributed by atoms with Crippen molar-refractivity contribution in [3.63, 3.8) is 0 Å². The first-order valence-corrected chi connectivity index (χ1v) is 12.0. The van der Waals surface area contributed by atoms with Crippen LogP contribution in [-0.2, 0) is 11.2 Å². The second kappa shape index (κ2) is 9.96. The Morgan fingerprint density at radius 1 is 1.21 bits per heavy atom. The Balaban J connectivity index is 1.44. The van der Waals surface area contributed by atoms with Gasteiger partial charge in [-0.2, -0.15) is 0 Å². The molecule has 6 nitrogen and oxygen atoms in total. The smallest absolute Gasteiger partial charge is 0.254 e. The van der Waals surface area contributed by atoms with Crippen molar-refractivity contribution in [2.45, 2.75) is 56.5 Å². The van der Waals surface area contributed by atoms with E-state index in [4.69, 9.17) is 17.0 Å². The summed E-state index contributed by atoms with van der Waals surface area (Å²) in [5.74, 6) is 0.302. The number of hydrogen-bond donors (Lipinski definition) is 3. The number of halogens is 1. The summed E-state index contributed by atoms with van der Waals surface area (Å²) in [6.07, 6.45) is 5.84. The van der Waals surface area contributed by atoms with E-state index in [1.54, 1.807) is 31.3 Å². The average molecular weight is 467 g/mol. The molecule has 174 valence electrons. The van der Waals surface area contributed by atoms with Crippen LogP contribution in [-0.4, -0.2) is 41.3 Å². The van der Waals surface area contributed by atoms with Crippen molar-refractivity contribution in [3.05, 3.63) is 70.7 Å². The Labute approximate surface area is 200 Å². The van der Waals surface area contributed by atoms with Crippen molar-refractivity contribution in [3.8, 4) is 0 Å². The van der Waals surface area contributed by atoms with Gasteiger partial charge in [-0.3, -0.25) is 19.9 Å². The maximum atomic E-state index is 13.2. The molecule has 3 N–H and O–H groups in total. The normalized spacial score (nSPS) is 25.1. The van der Waals surface area contributed by atoms with Crippen LogP contribution in [0, 0.1) is 11.3 Å². The Kier molecular flexibility index (Phi) is 7.03. The molecule has 0 bridgehead atoms. The van der Waals surface area contributed by atoms with E-state index in [1.165, 1.54) is 10.5 Å². The van der Waals surface area contributed by atoms with Gasteiger partial charge >= 0.3 is 0 Å². The van der Waals surface area contributed by atoms with Crippen molar-refractivity contribution in [1.29, 1.82) is 5.41 Å². The summed E-state index contributed by atoms with van der Waals surface area (Å²) in [7, 11) is 1.66. The van der Waals surface area contributed by atoms with Crippen LogP contribution in [0.4, 0.5) is 0 Å². The summed E-state index contributed by atoms with van der Waals surface area (Å²) >= 11 is 6.04. The molecule has 1 saturated carbocycles. The first-order valence-electron chi connectivity index (χ1n) is 11.6. The Bertz CT molecular complexity index is 1030. The number of carbonyl (C=O) groups is 2. The molecule has 7 heteroatoms. The summed E-state index contributed by atoms with van der Waals surface area (Å²) < 4.78 is 0. The van der Waals surface area contributed by atoms with E-state index in [9.17, 15) is 9.59 Å². The number of nitrogens with one attached hydrogen (secondary N) is 3. The molecule has 0 unspecified atom stereocenters. The third kappa shape index (κ3) is 5.38. The Morgan fingerprint density at radius 3 is 2.70 bits per heavy atom. The molecule has 0 radical (unpaired) electrons. The minimum Gasteiger partial charge on any atom is -0.349 e. The van der Waals surface area contributed by atoms with Crippen LogP contribution in [0.3, 0.4) is 0 Å². The van der Waals surface area contributed by atoms with Gasteiger partial charge in [0.05, 0.1) is 0 Å². The van der Waals surface area contributed by atoms with E-state index in [1.807, 2.05) is 18.2 Å². The van der Waals surface area contributed by atoms with Crippen LogP contribution in [0.5, 0.6) is 0 Å². The second-order valence-electron chi connectivity index (χ2n) is 9.32. The van der Waals surface area contributed by atoms with E-state index < -0.39 is 5.54 Å². The lowest BCUT2D eigenvalue weighted by atomic mass is 9.75. The van der Waals surface area contributed by atoms with Crippen LogP contribution in [0.1, 0.15) is 54.4 Å². The minimum absolute atomic E-state index is 0.0338. The van der Waals surface area contributed by atoms with E-state index in [-0.39, 0.29) is 29.7 Å². The van der Waals surface area contributed by atoms with Crippen LogP contribution in [0.2, 0.25) is 5.02 Å². The van der Waals surface area contributed by atoms with Gasteiger partial charge in [0.1, 0.15) is 5.54 Å².